The van der Waals surface area contributed by atoms with Gasteiger partial charge in [-0.1, -0.05) is 13.0 Å². The van der Waals surface area contributed by atoms with Crippen LogP contribution < -0.4 is 5.32 Å². The third-order valence-corrected chi connectivity index (χ3v) is 2.83. The summed E-state index contributed by atoms with van der Waals surface area (Å²) < 4.78 is 31.1. The fourth-order valence-electron chi connectivity index (χ4n) is 1.72. The number of hydrogen-bond acceptors (Lipinski definition) is 3. The molecule has 102 valence electrons. The number of methoxy groups -OCH3 is 1. The van der Waals surface area contributed by atoms with Gasteiger partial charge in [-0.05, 0) is 24.1 Å². The van der Waals surface area contributed by atoms with Crippen molar-refractivity contribution in [3.05, 3.63) is 35.4 Å². The smallest absolute Gasteiger partial charge is 0.159 e. The summed E-state index contributed by atoms with van der Waals surface area (Å²) in [4.78, 5) is 0. The third-order valence-electron chi connectivity index (χ3n) is 2.83. The number of rotatable bonds is 7. The Bertz CT molecular complexity index is 370. The average molecular weight is 259 g/mol. The van der Waals surface area contributed by atoms with E-state index in [1.54, 1.807) is 0 Å². The van der Waals surface area contributed by atoms with Crippen molar-refractivity contribution in [2.24, 2.45) is 0 Å². The Kier molecular flexibility index (Phi) is 6.18. The van der Waals surface area contributed by atoms with Gasteiger partial charge < -0.3 is 15.2 Å². The van der Waals surface area contributed by atoms with E-state index in [2.05, 4.69) is 5.32 Å². The Morgan fingerprint density at radius 1 is 1.33 bits per heavy atom. The Balaban J connectivity index is 2.85. The lowest BCUT2D eigenvalue weighted by Gasteiger charge is -2.23. The van der Waals surface area contributed by atoms with Crippen LogP contribution in [0.2, 0.25) is 0 Å². The summed E-state index contributed by atoms with van der Waals surface area (Å²) >= 11 is 0. The number of hydrogen-bond donors (Lipinski definition) is 2. The van der Waals surface area contributed by atoms with Crippen LogP contribution in [0.1, 0.15) is 24.9 Å². The Morgan fingerprint density at radius 3 is 2.56 bits per heavy atom. The molecule has 2 unspecified atom stereocenters. The second kappa shape index (κ2) is 7.41. The maximum atomic E-state index is 13.2. The van der Waals surface area contributed by atoms with Crippen LogP contribution in [0.4, 0.5) is 8.78 Å². The second-order valence-electron chi connectivity index (χ2n) is 4.14. The molecule has 0 radical (unpaired) electrons. The van der Waals surface area contributed by atoms with E-state index in [9.17, 15) is 8.78 Å². The maximum absolute atomic E-state index is 13.2. The fraction of sp³-hybridized carbons (Fsp3) is 0.538. The molecule has 0 bridgehead atoms. The molecule has 0 spiro atoms. The van der Waals surface area contributed by atoms with Crippen LogP contribution in [0.25, 0.3) is 0 Å². The number of aliphatic hydroxyl groups is 1. The first kappa shape index (κ1) is 15.0. The lowest BCUT2D eigenvalue weighted by molar-refractivity contribution is 0.147. The lowest BCUT2D eigenvalue weighted by atomic mass is 10.1. The zero-order valence-corrected chi connectivity index (χ0v) is 10.6. The predicted molar refractivity (Wildman–Crippen MR) is 65.3 cm³/mol. The van der Waals surface area contributed by atoms with Crippen molar-refractivity contribution in [1.82, 2.24) is 5.32 Å². The predicted octanol–water partition coefficient (Wildman–Crippen LogP) is 2.01. The quantitative estimate of drug-likeness (QED) is 0.787. The SMILES string of the molecule is CCC(CO)NC(COC)c1ccc(F)c(F)c1. The molecule has 0 aliphatic carbocycles. The minimum atomic E-state index is -0.882. The largest absolute Gasteiger partial charge is 0.395 e. The molecule has 0 heterocycles. The van der Waals surface area contributed by atoms with Gasteiger partial charge in [-0.3, -0.25) is 0 Å². The highest BCUT2D eigenvalue weighted by molar-refractivity contribution is 5.21. The highest BCUT2D eigenvalue weighted by Gasteiger charge is 2.17. The van der Waals surface area contributed by atoms with E-state index in [1.807, 2.05) is 6.92 Å². The van der Waals surface area contributed by atoms with Gasteiger partial charge >= 0.3 is 0 Å². The Morgan fingerprint density at radius 2 is 2.06 bits per heavy atom. The number of benzene rings is 1. The number of halogens is 2. The van der Waals surface area contributed by atoms with Crippen molar-refractivity contribution in [2.75, 3.05) is 20.3 Å². The summed E-state index contributed by atoms with van der Waals surface area (Å²) in [5, 5.41) is 12.3. The van der Waals surface area contributed by atoms with E-state index in [4.69, 9.17) is 9.84 Å². The molecule has 5 heteroatoms. The maximum Gasteiger partial charge on any atom is 0.159 e. The first-order valence-electron chi connectivity index (χ1n) is 5.93. The molecule has 1 aromatic rings. The highest BCUT2D eigenvalue weighted by atomic mass is 19.2. The van der Waals surface area contributed by atoms with E-state index < -0.39 is 11.6 Å². The lowest BCUT2D eigenvalue weighted by Crippen LogP contribution is -2.37. The highest BCUT2D eigenvalue weighted by Crippen LogP contribution is 2.17. The van der Waals surface area contributed by atoms with Crippen LogP contribution in [0, 0.1) is 11.6 Å². The van der Waals surface area contributed by atoms with Gasteiger partial charge in [0.25, 0.3) is 0 Å². The summed E-state index contributed by atoms with van der Waals surface area (Å²) in [6, 6.07) is 3.38. The molecule has 18 heavy (non-hydrogen) atoms. The third kappa shape index (κ3) is 4.01. The molecule has 0 aliphatic rings. The number of ether oxygens (including phenoxy) is 1. The van der Waals surface area contributed by atoms with Crippen LogP contribution >= 0.6 is 0 Å². The molecule has 0 aliphatic heterocycles. The molecule has 0 saturated heterocycles. The average Bonchev–Trinajstić information content (AvgIpc) is 2.38. The van der Waals surface area contributed by atoms with Gasteiger partial charge in [0.1, 0.15) is 0 Å². The molecule has 2 N–H and O–H groups in total. The summed E-state index contributed by atoms with van der Waals surface area (Å²) in [6.07, 6.45) is 0.736. The monoisotopic (exact) mass is 259 g/mol. The minimum Gasteiger partial charge on any atom is -0.395 e. The van der Waals surface area contributed by atoms with Gasteiger partial charge in [0.15, 0.2) is 11.6 Å². The van der Waals surface area contributed by atoms with Crippen LogP contribution in [0.15, 0.2) is 18.2 Å². The Hall–Kier alpha value is -1.04. The summed E-state index contributed by atoms with van der Waals surface area (Å²) in [5.74, 6) is -1.75. The molecule has 0 amide bonds. The number of nitrogens with one attached hydrogen (secondary N) is 1. The van der Waals surface area contributed by atoms with Crippen molar-refractivity contribution in [2.45, 2.75) is 25.4 Å². The molecular formula is C13H19F2NO2. The van der Waals surface area contributed by atoms with E-state index in [0.29, 0.717) is 12.2 Å². The molecule has 1 rings (SSSR count). The van der Waals surface area contributed by atoms with Gasteiger partial charge in [-0.2, -0.15) is 0 Å². The zero-order chi connectivity index (χ0) is 13.5. The molecule has 0 fully saturated rings. The van der Waals surface area contributed by atoms with Gasteiger partial charge in [0.05, 0.1) is 19.3 Å². The van der Waals surface area contributed by atoms with Gasteiger partial charge in [0, 0.05) is 13.2 Å². The topological polar surface area (TPSA) is 41.5 Å². The molecule has 2 atom stereocenters. The van der Waals surface area contributed by atoms with E-state index >= 15 is 0 Å². The van der Waals surface area contributed by atoms with E-state index in [0.717, 1.165) is 18.6 Å². The van der Waals surface area contributed by atoms with Gasteiger partial charge in [-0.15, -0.1) is 0 Å². The second-order valence-corrected chi connectivity index (χ2v) is 4.14. The fourth-order valence-corrected chi connectivity index (χ4v) is 1.72. The molecule has 1 aromatic carbocycles. The summed E-state index contributed by atoms with van der Waals surface area (Å²) in [6.45, 7) is 2.24. The van der Waals surface area contributed by atoms with E-state index in [1.165, 1.54) is 13.2 Å². The van der Waals surface area contributed by atoms with Crippen LogP contribution in [-0.2, 0) is 4.74 Å². The molecular weight excluding hydrogens is 240 g/mol. The first-order chi connectivity index (χ1) is 8.62. The summed E-state index contributed by atoms with van der Waals surface area (Å²) in [5.41, 5.74) is 0.600. The van der Waals surface area contributed by atoms with Gasteiger partial charge in [-0.25, -0.2) is 8.78 Å². The molecule has 0 aromatic heterocycles. The van der Waals surface area contributed by atoms with Crippen molar-refractivity contribution in [1.29, 1.82) is 0 Å². The molecule has 3 nitrogen and oxygen atoms in total. The van der Waals surface area contributed by atoms with Crippen molar-refractivity contribution >= 4 is 0 Å². The van der Waals surface area contributed by atoms with Crippen LogP contribution in [-0.4, -0.2) is 31.5 Å². The normalized spacial score (nSPS) is 14.5. The summed E-state index contributed by atoms with van der Waals surface area (Å²) in [7, 11) is 1.54. The van der Waals surface area contributed by atoms with Crippen LogP contribution in [0.5, 0.6) is 0 Å². The van der Waals surface area contributed by atoms with E-state index in [-0.39, 0.29) is 18.7 Å². The Labute approximate surface area is 106 Å². The standard InChI is InChI=1S/C13H19F2NO2/c1-3-10(7-17)16-13(8-18-2)9-4-5-11(14)12(15)6-9/h4-6,10,13,16-17H,3,7-8H2,1-2H3. The van der Waals surface area contributed by atoms with Gasteiger partial charge in [0.2, 0.25) is 0 Å². The van der Waals surface area contributed by atoms with Crippen LogP contribution in [0.3, 0.4) is 0 Å². The number of aliphatic hydroxyl groups excluding tert-OH is 1. The zero-order valence-electron chi connectivity index (χ0n) is 10.6. The van der Waals surface area contributed by atoms with Crippen molar-refractivity contribution in [3.8, 4) is 0 Å². The first-order valence-corrected chi connectivity index (χ1v) is 5.93. The van der Waals surface area contributed by atoms with Crippen molar-refractivity contribution < 1.29 is 18.6 Å². The molecule has 0 saturated carbocycles. The minimum absolute atomic E-state index is 0.0135. The van der Waals surface area contributed by atoms with Crippen molar-refractivity contribution in [3.63, 3.8) is 0 Å².